The van der Waals surface area contributed by atoms with Gasteiger partial charge in [0, 0.05) is 32.2 Å². The van der Waals surface area contributed by atoms with Gasteiger partial charge >= 0.3 is 0 Å². The van der Waals surface area contributed by atoms with E-state index in [1.165, 1.54) is 0 Å². The molecule has 1 aliphatic rings. The van der Waals surface area contributed by atoms with E-state index >= 15 is 0 Å². The van der Waals surface area contributed by atoms with Crippen LogP contribution in [0.2, 0.25) is 0 Å². The van der Waals surface area contributed by atoms with E-state index in [2.05, 4.69) is 32.1 Å². The molecule has 2 heterocycles. The lowest BCUT2D eigenvalue weighted by atomic mass is 10.2. The first-order valence-electron chi connectivity index (χ1n) is 9.31. The zero-order valence-corrected chi connectivity index (χ0v) is 16.9. The number of benzene rings is 1. The second-order valence-electron chi connectivity index (χ2n) is 6.88. The number of nitrogens with zero attached hydrogens (tertiary/aromatic N) is 4. The largest absolute Gasteiger partial charge is 0.497 e. The molecule has 8 nitrogen and oxygen atoms in total. The highest BCUT2D eigenvalue weighted by Crippen LogP contribution is 2.22. The van der Waals surface area contributed by atoms with E-state index in [4.69, 9.17) is 9.47 Å². The van der Waals surface area contributed by atoms with E-state index in [-0.39, 0.29) is 12.5 Å². The number of carbonyl (C=O) groups excluding carboxylic acids is 1. The summed E-state index contributed by atoms with van der Waals surface area (Å²) in [4.78, 5) is 26.0. The van der Waals surface area contributed by atoms with Gasteiger partial charge in [-0.2, -0.15) is 0 Å². The van der Waals surface area contributed by atoms with E-state index < -0.39 is 0 Å². The maximum Gasteiger partial charge on any atom is 0.262 e. The molecule has 0 aliphatic carbocycles. The minimum Gasteiger partial charge on any atom is -0.497 e. The molecule has 0 atom stereocenters. The van der Waals surface area contributed by atoms with Crippen LogP contribution >= 0.6 is 0 Å². The van der Waals surface area contributed by atoms with E-state index in [1.54, 1.807) is 19.2 Å². The van der Waals surface area contributed by atoms with Crippen molar-refractivity contribution in [3.8, 4) is 11.5 Å². The van der Waals surface area contributed by atoms with Crippen molar-refractivity contribution in [2.45, 2.75) is 13.8 Å². The molecule has 1 amide bonds. The van der Waals surface area contributed by atoms with Crippen LogP contribution in [0.1, 0.15) is 11.4 Å². The lowest BCUT2D eigenvalue weighted by molar-refractivity contribution is -0.118. The second kappa shape index (κ2) is 8.88. The SMILES string of the molecule is COc1cccc(OCC(=O)Nc2c(C)nc(N3CCN(C)CC3)nc2C)c1. The fourth-order valence-corrected chi connectivity index (χ4v) is 3.04. The van der Waals surface area contributed by atoms with Crippen LogP contribution in [0.3, 0.4) is 0 Å². The molecule has 0 saturated carbocycles. The van der Waals surface area contributed by atoms with Crippen molar-refractivity contribution in [1.29, 1.82) is 0 Å². The molecule has 0 bridgehead atoms. The number of hydrogen-bond donors (Lipinski definition) is 1. The summed E-state index contributed by atoms with van der Waals surface area (Å²) in [6.45, 7) is 7.43. The summed E-state index contributed by atoms with van der Waals surface area (Å²) in [5, 5.41) is 2.87. The molecule has 1 fully saturated rings. The molecule has 1 aromatic heterocycles. The standard InChI is InChI=1S/C20H27N5O3/c1-14-19(15(2)22-20(21-14)25-10-8-24(3)9-11-25)23-18(26)13-28-17-7-5-6-16(12-17)27-4/h5-7,12H,8-11,13H2,1-4H3,(H,23,26). The molecule has 1 aromatic carbocycles. The number of nitrogens with one attached hydrogen (secondary N) is 1. The third kappa shape index (κ3) is 4.89. The Morgan fingerprint density at radius 1 is 1.11 bits per heavy atom. The Morgan fingerprint density at radius 3 is 2.39 bits per heavy atom. The van der Waals surface area contributed by atoms with Crippen molar-refractivity contribution in [2.24, 2.45) is 0 Å². The molecule has 1 saturated heterocycles. The van der Waals surface area contributed by atoms with E-state index in [0.717, 1.165) is 37.6 Å². The Kier molecular flexibility index (Phi) is 6.30. The maximum absolute atomic E-state index is 12.3. The molecular formula is C20H27N5O3. The number of piperazine rings is 1. The topological polar surface area (TPSA) is 79.8 Å². The van der Waals surface area contributed by atoms with Crippen molar-refractivity contribution in [3.63, 3.8) is 0 Å². The van der Waals surface area contributed by atoms with Crippen LogP contribution < -0.4 is 19.7 Å². The van der Waals surface area contributed by atoms with Crippen LogP contribution in [0.15, 0.2) is 24.3 Å². The summed E-state index contributed by atoms with van der Waals surface area (Å²) < 4.78 is 10.7. The minimum absolute atomic E-state index is 0.105. The zero-order valence-electron chi connectivity index (χ0n) is 16.9. The van der Waals surface area contributed by atoms with Crippen LogP contribution in [0.5, 0.6) is 11.5 Å². The summed E-state index contributed by atoms with van der Waals surface area (Å²) in [6, 6.07) is 7.14. The van der Waals surface area contributed by atoms with Gasteiger partial charge in [0.2, 0.25) is 5.95 Å². The Hall–Kier alpha value is -2.87. The smallest absolute Gasteiger partial charge is 0.262 e. The monoisotopic (exact) mass is 385 g/mol. The molecule has 3 rings (SSSR count). The first-order valence-corrected chi connectivity index (χ1v) is 9.31. The van der Waals surface area contributed by atoms with E-state index in [9.17, 15) is 4.79 Å². The lowest BCUT2D eigenvalue weighted by Gasteiger charge is -2.32. The van der Waals surface area contributed by atoms with Gasteiger partial charge in [-0.25, -0.2) is 9.97 Å². The number of anilines is 2. The van der Waals surface area contributed by atoms with E-state index in [0.29, 0.717) is 23.1 Å². The Morgan fingerprint density at radius 2 is 1.75 bits per heavy atom. The molecule has 150 valence electrons. The van der Waals surface area contributed by atoms with Crippen LogP contribution in [-0.2, 0) is 4.79 Å². The van der Waals surface area contributed by atoms with Crippen molar-refractivity contribution in [2.75, 3.05) is 57.2 Å². The normalized spacial score (nSPS) is 14.6. The summed E-state index contributed by atoms with van der Waals surface area (Å²) in [5.74, 6) is 1.71. The Balaban J connectivity index is 1.62. The van der Waals surface area contributed by atoms with Gasteiger partial charge in [-0.05, 0) is 33.0 Å². The molecule has 2 aromatic rings. The number of amides is 1. The number of aromatic nitrogens is 2. The van der Waals surface area contributed by atoms with Crippen molar-refractivity contribution < 1.29 is 14.3 Å². The van der Waals surface area contributed by atoms with Gasteiger partial charge < -0.3 is 24.6 Å². The number of methoxy groups -OCH3 is 1. The van der Waals surface area contributed by atoms with Crippen molar-refractivity contribution >= 4 is 17.5 Å². The van der Waals surface area contributed by atoms with Crippen LogP contribution in [-0.4, -0.2) is 67.7 Å². The van der Waals surface area contributed by atoms with Gasteiger partial charge in [0.25, 0.3) is 5.91 Å². The third-order valence-corrected chi connectivity index (χ3v) is 4.72. The Labute approximate surface area is 165 Å². The fraction of sp³-hybridized carbons (Fsp3) is 0.450. The molecule has 1 N–H and O–H groups in total. The number of aryl methyl sites for hydroxylation is 2. The zero-order chi connectivity index (χ0) is 20.1. The Bertz CT molecular complexity index is 811. The van der Waals surface area contributed by atoms with Gasteiger partial charge in [-0.15, -0.1) is 0 Å². The number of ether oxygens (including phenoxy) is 2. The predicted octanol–water partition coefficient (Wildman–Crippen LogP) is 1.87. The predicted molar refractivity (Wildman–Crippen MR) is 108 cm³/mol. The van der Waals surface area contributed by atoms with Gasteiger partial charge in [-0.3, -0.25) is 4.79 Å². The first kappa shape index (κ1) is 19.9. The quantitative estimate of drug-likeness (QED) is 0.813. The maximum atomic E-state index is 12.3. The summed E-state index contributed by atoms with van der Waals surface area (Å²) in [6.07, 6.45) is 0. The van der Waals surface area contributed by atoms with Gasteiger partial charge in [0.05, 0.1) is 24.2 Å². The molecule has 0 radical (unpaired) electrons. The van der Waals surface area contributed by atoms with E-state index in [1.807, 2.05) is 26.0 Å². The molecular weight excluding hydrogens is 358 g/mol. The van der Waals surface area contributed by atoms with Gasteiger partial charge in [0.15, 0.2) is 6.61 Å². The van der Waals surface area contributed by atoms with Crippen molar-refractivity contribution in [3.05, 3.63) is 35.7 Å². The number of likely N-dealkylation sites (N-methyl/N-ethyl adjacent to an activating group) is 1. The summed E-state index contributed by atoms with van der Waals surface area (Å²) >= 11 is 0. The van der Waals surface area contributed by atoms with Crippen LogP contribution in [0, 0.1) is 13.8 Å². The average Bonchev–Trinajstić information content (AvgIpc) is 2.69. The first-order chi connectivity index (χ1) is 13.5. The molecule has 28 heavy (non-hydrogen) atoms. The number of rotatable bonds is 6. The van der Waals surface area contributed by atoms with Crippen LogP contribution in [0.25, 0.3) is 0 Å². The molecule has 0 unspecified atom stereocenters. The number of hydrogen-bond acceptors (Lipinski definition) is 7. The fourth-order valence-electron chi connectivity index (χ4n) is 3.04. The van der Waals surface area contributed by atoms with Gasteiger partial charge in [-0.1, -0.05) is 6.07 Å². The highest BCUT2D eigenvalue weighted by Gasteiger charge is 2.19. The second-order valence-corrected chi connectivity index (χ2v) is 6.88. The van der Waals surface area contributed by atoms with Crippen molar-refractivity contribution in [1.82, 2.24) is 14.9 Å². The molecule has 8 heteroatoms. The summed E-state index contributed by atoms with van der Waals surface area (Å²) in [7, 11) is 3.70. The van der Waals surface area contributed by atoms with Crippen LogP contribution in [0.4, 0.5) is 11.6 Å². The highest BCUT2D eigenvalue weighted by atomic mass is 16.5. The third-order valence-electron chi connectivity index (χ3n) is 4.72. The minimum atomic E-state index is -0.259. The molecule has 1 aliphatic heterocycles. The average molecular weight is 385 g/mol. The summed E-state index contributed by atoms with van der Waals surface area (Å²) in [5.41, 5.74) is 2.13. The lowest BCUT2D eigenvalue weighted by Crippen LogP contribution is -2.45. The highest BCUT2D eigenvalue weighted by molar-refractivity contribution is 5.93. The molecule has 0 spiro atoms. The van der Waals surface area contributed by atoms with Gasteiger partial charge in [0.1, 0.15) is 11.5 Å². The number of carbonyl (C=O) groups is 1.